The van der Waals surface area contributed by atoms with E-state index in [0.29, 0.717) is 12.8 Å². The van der Waals surface area contributed by atoms with Crippen LogP contribution < -0.4 is 16.0 Å². The van der Waals surface area contributed by atoms with Crippen LogP contribution in [0.25, 0.3) is 0 Å². The Morgan fingerprint density at radius 3 is 2.27 bits per heavy atom. The zero-order chi connectivity index (χ0) is 41.4. The van der Waals surface area contributed by atoms with Gasteiger partial charge in [-0.25, -0.2) is 4.79 Å². The Kier molecular flexibility index (Phi) is 25.0. The van der Waals surface area contributed by atoms with E-state index in [4.69, 9.17) is 24.1 Å². The van der Waals surface area contributed by atoms with E-state index in [1.807, 2.05) is 34.7 Å². The third kappa shape index (κ3) is 18.6. The van der Waals surface area contributed by atoms with Crippen LogP contribution in [0.5, 0.6) is 0 Å². The van der Waals surface area contributed by atoms with Crippen LogP contribution in [0.2, 0.25) is 0 Å². The summed E-state index contributed by atoms with van der Waals surface area (Å²) in [5.41, 5.74) is 0.994. The van der Waals surface area contributed by atoms with Crippen LogP contribution in [0.1, 0.15) is 113 Å². The van der Waals surface area contributed by atoms with Crippen LogP contribution in [0.3, 0.4) is 0 Å². The minimum atomic E-state index is -0.480. The molecule has 0 aromatic carbocycles. The number of ether oxygens (including phenoxy) is 4. The number of amides is 3. The van der Waals surface area contributed by atoms with Crippen LogP contribution in [0.15, 0.2) is 36.0 Å². The van der Waals surface area contributed by atoms with Gasteiger partial charge in [-0.15, -0.1) is 0 Å². The van der Waals surface area contributed by atoms with Crippen molar-refractivity contribution in [3.05, 3.63) is 36.0 Å². The molecule has 0 aliphatic carbocycles. The Hall–Kier alpha value is -3.10. The summed E-state index contributed by atoms with van der Waals surface area (Å²) in [5.74, 6) is 0.174. The molecule has 4 heterocycles. The predicted octanol–water partition coefficient (Wildman–Crippen LogP) is 5.41. The number of rotatable bonds is 14. The number of aliphatic hydroxyl groups is 1. The van der Waals surface area contributed by atoms with E-state index in [-0.39, 0.29) is 66.0 Å². The van der Waals surface area contributed by atoms with E-state index in [1.54, 1.807) is 17.9 Å². The zero-order valence-corrected chi connectivity index (χ0v) is 35.4. The van der Waals surface area contributed by atoms with Gasteiger partial charge < -0.3 is 49.7 Å². The molecule has 0 radical (unpaired) electrons. The van der Waals surface area contributed by atoms with Gasteiger partial charge in [0.25, 0.3) is 0 Å². The number of likely N-dealkylation sites (N-methyl/N-ethyl adjacent to an activating group) is 1. The summed E-state index contributed by atoms with van der Waals surface area (Å²) in [6.07, 6.45) is 16.9. The summed E-state index contributed by atoms with van der Waals surface area (Å²) in [6, 6.07) is -0.0910. The van der Waals surface area contributed by atoms with Crippen molar-refractivity contribution in [3.63, 3.8) is 0 Å². The van der Waals surface area contributed by atoms with Gasteiger partial charge in [0.15, 0.2) is 0 Å². The molecule has 4 rings (SSSR count). The number of aldehydes is 1. The van der Waals surface area contributed by atoms with Gasteiger partial charge in [-0.1, -0.05) is 51.5 Å². The second kappa shape index (κ2) is 27.5. The lowest BCUT2D eigenvalue weighted by atomic mass is 9.87. The third-order valence-electron chi connectivity index (χ3n) is 10.2. The Morgan fingerprint density at radius 2 is 1.67 bits per heavy atom. The van der Waals surface area contributed by atoms with Crippen molar-refractivity contribution in [2.75, 3.05) is 40.3 Å². The SMILES string of the molecule is CC.CC(/C=C/C1CC2(C[C@@H](CC=O)O1)OC2C)=C\C[C@@H]1OC(C)C(NC(=O)/C=C\C(C)OC(=O)N2CCCCC2)CC1C.CCC(=O)NCCNC.CO. The van der Waals surface area contributed by atoms with E-state index in [1.165, 1.54) is 6.08 Å². The number of epoxide rings is 1. The highest BCUT2D eigenvalue weighted by Gasteiger charge is 2.57. The molecule has 4 saturated heterocycles. The molecule has 55 heavy (non-hydrogen) atoms. The maximum atomic E-state index is 12.6. The fourth-order valence-corrected chi connectivity index (χ4v) is 6.86. The summed E-state index contributed by atoms with van der Waals surface area (Å²) in [5, 5.41) is 15.7. The number of piperidine rings is 1. The van der Waals surface area contributed by atoms with E-state index in [9.17, 15) is 19.2 Å². The van der Waals surface area contributed by atoms with E-state index in [2.05, 4.69) is 54.9 Å². The van der Waals surface area contributed by atoms with Crippen molar-refractivity contribution in [3.8, 4) is 0 Å². The molecule has 4 aliphatic heterocycles. The number of carbonyl (C=O) groups is 4. The molecule has 13 nitrogen and oxygen atoms in total. The topological polar surface area (TPSA) is 168 Å². The smallest absolute Gasteiger partial charge is 0.410 e. The van der Waals surface area contributed by atoms with Crippen LogP contribution in [0.4, 0.5) is 4.79 Å². The molecular weight excluding hydrogens is 704 g/mol. The predicted molar refractivity (Wildman–Crippen MR) is 217 cm³/mol. The van der Waals surface area contributed by atoms with Gasteiger partial charge in [0.1, 0.15) is 12.4 Å². The lowest BCUT2D eigenvalue weighted by molar-refractivity contribution is -0.123. The average Bonchev–Trinajstić information content (AvgIpc) is 3.80. The molecule has 0 saturated carbocycles. The fraction of sp³-hybridized carbons (Fsp3) is 0.762. The minimum Gasteiger partial charge on any atom is -0.442 e. The number of nitrogens with one attached hydrogen (secondary N) is 3. The molecule has 0 aromatic heterocycles. The van der Waals surface area contributed by atoms with Crippen molar-refractivity contribution in [1.82, 2.24) is 20.9 Å². The van der Waals surface area contributed by atoms with Gasteiger partial charge in [-0.05, 0) is 78.8 Å². The van der Waals surface area contributed by atoms with Gasteiger partial charge in [0.05, 0.1) is 42.2 Å². The number of carbonyl (C=O) groups excluding carboxylic acids is 4. The maximum absolute atomic E-state index is 12.6. The standard InChI is InChI=1S/C33H50N2O7.C6H14N2O.C2H6.CH4O/c1-22(9-12-27-20-33(26(5)42-33)21-28(41-27)15-18-36)10-13-30-23(2)19-29(25(4)40-30)34-31(37)14-11-24(3)39-32(38)35-16-7-6-8-17-35;1-3-6(9)8-5-4-7-2;2*1-2/h9-12,14,18,23-30H,6-8,13,15-17,19-21H2,1-5H3,(H,34,37);7H,3-5H2,1-2H3,(H,8,9);1-2H3;2H,1H3/b12-9+,14-11-,22-10+;;;/t23?,24?,25?,26?,27?,28-,29?,30+,33?;;;/m1.../s1. The van der Waals surface area contributed by atoms with Gasteiger partial charge >= 0.3 is 6.09 Å². The van der Waals surface area contributed by atoms with E-state index in [0.717, 1.165) is 90.1 Å². The molecule has 4 fully saturated rings. The number of hydrogen-bond acceptors (Lipinski definition) is 10. The normalized spacial score (nSPS) is 29.4. The van der Waals surface area contributed by atoms with Crippen molar-refractivity contribution in [1.29, 1.82) is 0 Å². The van der Waals surface area contributed by atoms with Gasteiger partial charge in [0, 0.05) is 65.0 Å². The Balaban J connectivity index is 0.00000101. The molecular formula is C42H74N4O9. The number of nitrogens with zero attached hydrogens (tertiary/aromatic N) is 1. The molecule has 4 N–H and O–H groups in total. The second-order valence-electron chi connectivity index (χ2n) is 14.5. The summed E-state index contributed by atoms with van der Waals surface area (Å²) in [7, 11) is 2.86. The minimum absolute atomic E-state index is 0.0631. The summed E-state index contributed by atoms with van der Waals surface area (Å²) >= 11 is 0. The first-order valence-corrected chi connectivity index (χ1v) is 20.5. The Labute approximate surface area is 331 Å². The molecule has 4 aliphatic rings. The Morgan fingerprint density at radius 1 is 1.00 bits per heavy atom. The zero-order valence-electron chi connectivity index (χ0n) is 35.4. The third-order valence-corrected chi connectivity index (χ3v) is 10.2. The highest BCUT2D eigenvalue weighted by atomic mass is 16.6. The van der Waals surface area contributed by atoms with Crippen molar-refractivity contribution in [2.24, 2.45) is 5.92 Å². The maximum Gasteiger partial charge on any atom is 0.410 e. The number of allylic oxidation sites excluding steroid dienone is 2. The summed E-state index contributed by atoms with van der Waals surface area (Å²) in [6.45, 7) is 19.0. The molecule has 13 heteroatoms. The first-order valence-electron chi connectivity index (χ1n) is 20.5. The molecule has 9 atom stereocenters. The monoisotopic (exact) mass is 779 g/mol. The highest BCUT2D eigenvalue weighted by Crippen LogP contribution is 2.48. The molecule has 316 valence electrons. The van der Waals surface area contributed by atoms with Crippen LogP contribution in [-0.4, -0.2) is 123 Å². The first-order chi connectivity index (χ1) is 26.4. The van der Waals surface area contributed by atoms with Crippen molar-refractivity contribution >= 4 is 24.2 Å². The second-order valence-corrected chi connectivity index (χ2v) is 14.5. The molecule has 1 spiro atoms. The van der Waals surface area contributed by atoms with Gasteiger partial charge in [-0.2, -0.15) is 0 Å². The van der Waals surface area contributed by atoms with Crippen molar-refractivity contribution in [2.45, 2.75) is 161 Å². The lowest BCUT2D eigenvalue weighted by Crippen LogP contribution is -2.50. The summed E-state index contributed by atoms with van der Waals surface area (Å²) in [4.78, 5) is 48.2. The molecule has 0 bridgehead atoms. The summed E-state index contributed by atoms with van der Waals surface area (Å²) < 4.78 is 23.8. The number of aliphatic hydroxyl groups excluding tert-OH is 1. The highest BCUT2D eigenvalue weighted by molar-refractivity contribution is 5.87. The van der Waals surface area contributed by atoms with Crippen molar-refractivity contribution < 1.29 is 43.2 Å². The Bertz CT molecular complexity index is 1220. The molecule has 0 aromatic rings. The number of hydrogen-bond donors (Lipinski definition) is 4. The quantitative estimate of drug-likeness (QED) is 0.0589. The largest absolute Gasteiger partial charge is 0.442 e. The van der Waals surface area contributed by atoms with Crippen LogP contribution >= 0.6 is 0 Å². The molecule has 3 amide bonds. The average molecular weight is 779 g/mol. The van der Waals surface area contributed by atoms with E-state index < -0.39 is 6.10 Å². The van der Waals surface area contributed by atoms with Crippen LogP contribution in [0, 0.1) is 5.92 Å². The molecule has 7 unspecified atom stereocenters. The first kappa shape index (κ1) is 49.9. The van der Waals surface area contributed by atoms with Gasteiger partial charge in [0.2, 0.25) is 11.8 Å². The number of likely N-dealkylation sites (tertiary alicyclic amines) is 1. The lowest BCUT2D eigenvalue weighted by Gasteiger charge is -2.39. The van der Waals surface area contributed by atoms with Crippen LogP contribution in [-0.2, 0) is 33.3 Å². The van der Waals surface area contributed by atoms with Gasteiger partial charge in [-0.3, -0.25) is 9.59 Å². The fourth-order valence-electron chi connectivity index (χ4n) is 6.86. The van der Waals surface area contributed by atoms with E-state index >= 15 is 0 Å².